The minimum atomic E-state index is -0.483. The fraction of sp³-hybridized carbons (Fsp3) is 0.364. The monoisotopic (exact) mass is 267 g/mol. The van der Waals surface area contributed by atoms with Crippen molar-refractivity contribution in [2.45, 2.75) is 19.4 Å². The molecule has 2 rings (SSSR count). The van der Waals surface area contributed by atoms with Crippen molar-refractivity contribution in [1.29, 1.82) is 0 Å². The molecule has 1 atom stereocenters. The van der Waals surface area contributed by atoms with Gasteiger partial charge in [0.2, 0.25) is 0 Å². The predicted octanol–water partition coefficient (Wildman–Crippen LogP) is 0.257. The van der Waals surface area contributed by atoms with E-state index < -0.39 is 12.0 Å². The van der Waals surface area contributed by atoms with Crippen LogP contribution in [0.5, 0.6) is 0 Å². The molecule has 0 aliphatic carbocycles. The number of hydrogen-bond acceptors (Lipinski definition) is 5. The van der Waals surface area contributed by atoms with Crippen LogP contribution in [0.4, 0.5) is 0 Å². The molecule has 2 aromatic heterocycles. The van der Waals surface area contributed by atoms with E-state index in [4.69, 9.17) is 5.11 Å². The zero-order chi connectivity index (χ0) is 13.1. The highest BCUT2D eigenvalue weighted by Gasteiger charge is 2.13. The van der Waals surface area contributed by atoms with Crippen LogP contribution in [-0.2, 0) is 0 Å². The Balaban J connectivity index is 2.17. The molecule has 0 saturated heterocycles. The van der Waals surface area contributed by atoms with Gasteiger partial charge in [-0.3, -0.25) is 14.0 Å². The fourth-order valence-electron chi connectivity index (χ4n) is 1.47. The summed E-state index contributed by atoms with van der Waals surface area (Å²) in [5.74, 6) is -0.464. The highest BCUT2D eigenvalue weighted by molar-refractivity contribution is 7.15. The number of amides is 1. The van der Waals surface area contributed by atoms with Crippen molar-refractivity contribution >= 4 is 22.2 Å². The molecule has 0 saturated carbocycles. The summed E-state index contributed by atoms with van der Waals surface area (Å²) in [7, 11) is 0. The van der Waals surface area contributed by atoms with Crippen LogP contribution in [0.25, 0.3) is 4.96 Å². The van der Waals surface area contributed by atoms with Crippen LogP contribution >= 0.6 is 11.3 Å². The topological polar surface area (TPSA) is 83.7 Å². The maximum absolute atomic E-state index is 11.9. The van der Waals surface area contributed by atoms with Crippen molar-refractivity contribution in [3.8, 4) is 0 Å². The zero-order valence-corrected chi connectivity index (χ0v) is 10.6. The van der Waals surface area contributed by atoms with Crippen molar-refractivity contribution in [2.75, 3.05) is 6.54 Å². The van der Waals surface area contributed by atoms with Gasteiger partial charge in [0.1, 0.15) is 5.56 Å². The molecule has 0 radical (unpaired) electrons. The standard InChI is InChI=1S/C11H13N3O3S/c1-7(15)2-3-12-9(16)8-6-13-11-14(10(8)17)4-5-18-11/h4-7,15H,2-3H2,1H3,(H,12,16). The largest absolute Gasteiger partial charge is 0.393 e. The third-order valence-electron chi connectivity index (χ3n) is 2.44. The normalized spacial score (nSPS) is 12.6. The number of aromatic nitrogens is 2. The van der Waals surface area contributed by atoms with E-state index in [2.05, 4.69) is 10.3 Å². The first-order valence-corrected chi connectivity index (χ1v) is 6.38. The van der Waals surface area contributed by atoms with E-state index in [1.54, 1.807) is 18.5 Å². The number of thiazole rings is 1. The van der Waals surface area contributed by atoms with E-state index in [1.165, 1.54) is 21.9 Å². The third-order valence-corrected chi connectivity index (χ3v) is 3.21. The lowest BCUT2D eigenvalue weighted by Gasteiger charge is -2.06. The van der Waals surface area contributed by atoms with Crippen molar-refractivity contribution in [3.05, 3.63) is 33.7 Å². The Morgan fingerprint density at radius 3 is 3.17 bits per heavy atom. The van der Waals surface area contributed by atoms with Gasteiger partial charge in [-0.1, -0.05) is 0 Å². The first kappa shape index (κ1) is 12.7. The number of carbonyl (C=O) groups excluding carboxylic acids is 1. The van der Waals surface area contributed by atoms with Gasteiger partial charge in [-0.15, -0.1) is 11.3 Å². The third kappa shape index (κ3) is 2.57. The Morgan fingerprint density at radius 1 is 1.67 bits per heavy atom. The number of aliphatic hydroxyl groups is 1. The molecule has 0 spiro atoms. The summed E-state index contributed by atoms with van der Waals surface area (Å²) in [4.78, 5) is 28.3. The van der Waals surface area contributed by atoms with Crippen LogP contribution in [-0.4, -0.2) is 33.0 Å². The highest BCUT2D eigenvalue weighted by Crippen LogP contribution is 2.05. The van der Waals surface area contributed by atoms with Gasteiger partial charge in [0.25, 0.3) is 11.5 Å². The molecule has 6 nitrogen and oxygen atoms in total. The molecule has 1 unspecified atom stereocenters. The first-order chi connectivity index (χ1) is 8.59. The van der Waals surface area contributed by atoms with Crippen molar-refractivity contribution in [1.82, 2.24) is 14.7 Å². The molecule has 0 aliphatic heterocycles. The van der Waals surface area contributed by atoms with Crippen LogP contribution in [0.15, 0.2) is 22.6 Å². The molecule has 2 aromatic rings. The summed E-state index contributed by atoms with van der Waals surface area (Å²) in [6.45, 7) is 1.96. The van der Waals surface area contributed by atoms with Crippen LogP contribution in [0.1, 0.15) is 23.7 Å². The summed E-state index contributed by atoms with van der Waals surface area (Å²) in [5, 5.41) is 13.4. The molecule has 96 valence electrons. The fourth-order valence-corrected chi connectivity index (χ4v) is 2.15. The van der Waals surface area contributed by atoms with Gasteiger partial charge in [0.15, 0.2) is 4.96 Å². The molecule has 18 heavy (non-hydrogen) atoms. The van der Waals surface area contributed by atoms with Gasteiger partial charge < -0.3 is 10.4 Å². The SMILES string of the molecule is CC(O)CCNC(=O)c1cnc2sccn2c1=O. The van der Waals surface area contributed by atoms with E-state index in [9.17, 15) is 9.59 Å². The maximum atomic E-state index is 11.9. The smallest absolute Gasteiger partial charge is 0.271 e. The molecule has 0 fully saturated rings. The first-order valence-electron chi connectivity index (χ1n) is 5.50. The summed E-state index contributed by atoms with van der Waals surface area (Å²) in [5.41, 5.74) is -0.368. The Morgan fingerprint density at radius 2 is 2.44 bits per heavy atom. The van der Waals surface area contributed by atoms with Crippen molar-refractivity contribution in [2.24, 2.45) is 0 Å². The number of rotatable bonds is 4. The maximum Gasteiger partial charge on any atom is 0.271 e. The Kier molecular flexibility index (Phi) is 3.73. The highest BCUT2D eigenvalue weighted by atomic mass is 32.1. The number of nitrogens with one attached hydrogen (secondary N) is 1. The number of aliphatic hydroxyl groups excluding tert-OH is 1. The Labute approximate surface area is 107 Å². The minimum Gasteiger partial charge on any atom is -0.393 e. The van der Waals surface area contributed by atoms with Crippen LogP contribution < -0.4 is 10.9 Å². The number of hydrogen-bond donors (Lipinski definition) is 2. The van der Waals surface area contributed by atoms with Gasteiger partial charge in [0, 0.05) is 24.3 Å². The minimum absolute atomic E-state index is 0.0106. The van der Waals surface area contributed by atoms with Crippen LogP contribution in [0.2, 0.25) is 0 Å². The van der Waals surface area contributed by atoms with Crippen molar-refractivity contribution < 1.29 is 9.90 Å². The van der Waals surface area contributed by atoms with Gasteiger partial charge in [-0.25, -0.2) is 4.98 Å². The number of fused-ring (bicyclic) bond motifs is 1. The van der Waals surface area contributed by atoms with Crippen LogP contribution in [0, 0.1) is 0 Å². The van der Waals surface area contributed by atoms with Crippen molar-refractivity contribution in [3.63, 3.8) is 0 Å². The molecule has 2 heterocycles. The second kappa shape index (κ2) is 5.28. The van der Waals surface area contributed by atoms with E-state index in [1.807, 2.05) is 0 Å². The average molecular weight is 267 g/mol. The number of nitrogens with zero attached hydrogens (tertiary/aromatic N) is 2. The van der Waals surface area contributed by atoms with E-state index >= 15 is 0 Å². The van der Waals surface area contributed by atoms with E-state index in [-0.39, 0.29) is 11.1 Å². The summed E-state index contributed by atoms with van der Waals surface area (Å²) >= 11 is 1.33. The summed E-state index contributed by atoms with van der Waals surface area (Å²) in [6, 6.07) is 0. The van der Waals surface area contributed by atoms with E-state index in [0.717, 1.165) is 0 Å². The molecule has 0 aromatic carbocycles. The lowest BCUT2D eigenvalue weighted by Crippen LogP contribution is -2.32. The van der Waals surface area contributed by atoms with Gasteiger partial charge >= 0.3 is 0 Å². The quantitative estimate of drug-likeness (QED) is 0.832. The molecule has 1 amide bonds. The molecule has 2 N–H and O–H groups in total. The second-order valence-corrected chi connectivity index (χ2v) is 4.80. The summed E-state index contributed by atoms with van der Waals surface area (Å²) < 4.78 is 1.34. The lowest BCUT2D eigenvalue weighted by molar-refractivity contribution is 0.0943. The van der Waals surface area contributed by atoms with E-state index in [0.29, 0.717) is 17.9 Å². The van der Waals surface area contributed by atoms with Crippen LogP contribution in [0.3, 0.4) is 0 Å². The second-order valence-electron chi connectivity index (χ2n) is 3.93. The predicted molar refractivity (Wildman–Crippen MR) is 68.0 cm³/mol. The van der Waals surface area contributed by atoms with Gasteiger partial charge in [-0.05, 0) is 13.3 Å². The van der Waals surface area contributed by atoms with Gasteiger partial charge in [-0.2, -0.15) is 0 Å². The summed E-state index contributed by atoms with van der Waals surface area (Å²) in [6.07, 6.45) is 2.83. The molecule has 0 bridgehead atoms. The molecule has 7 heteroatoms. The zero-order valence-electron chi connectivity index (χ0n) is 9.79. The molecule has 0 aliphatic rings. The molecular formula is C11H13N3O3S. The Hall–Kier alpha value is -1.73. The van der Waals surface area contributed by atoms with Gasteiger partial charge in [0.05, 0.1) is 6.10 Å². The lowest BCUT2D eigenvalue weighted by atomic mass is 10.2. The number of carbonyl (C=O) groups is 1. The average Bonchev–Trinajstić information content (AvgIpc) is 2.77. The molecular weight excluding hydrogens is 254 g/mol. The Bertz CT molecular complexity index is 617.